The normalized spacial score (nSPS) is 12.9. The van der Waals surface area contributed by atoms with Gasteiger partial charge < -0.3 is 5.11 Å². The van der Waals surface area contributed by atoms with Gasteiger partial charge in [0.15, 0.2) is 0 Å². The van der Waals surface area contributed by atoms with Gasteiger partial charge in [-0.25, -0.2) is 8.42 Å². The van der Waals surface area contributed by atoms with Gasteiger partial charge in [-0.15, -0.1) is 0 Å². The maximum Gasteiger partial charge on any atom is 0.402 e. The van der Waals surface area contributed by atoms with Crippen molar-refractivity contribution >= 4 is 10.0 Å². The molecule has 108 valence electrons. The van der Waals surface area contributed by atoms with Gasteiger partial charge in [0.1, 0.15) is 12.3 Å². The van der Waals surface area contributed by atoms with E-state index < -0.39 is 22.7 Å². The monoisotopic (exact) mass is 297 g/mol. The summed E-state index contributed by atoms with van der Waals surface area (Å²) < 4.78 is 61.7. The van der Waals surface area contributed by atoms with Gasteiger partial charge in [-0.3, -0.25) is 0 Å². The average Bonchev–Trinajstić information content (AvgIpc) is 2.26. The molecule has 0 atom stereocenters. The Kier molecular flexibility index (Phi) is 4.81. The summed E-state index contributed by atoms with van der Waals surface area (Å²) in [5, 5.41) is 9.22. The van der Waals surface area contributed by atoms with Crippen LogP contribution in [-0.2, 0) is 10.0 Å². The van der Waals surface area contributed by atoms with E-state index in [0.29, 0.717) is 4.31 Å². The number of halogens is 3. The van der Waals surface area contributed by atoms with Crippen LogP contribution in [0.4, 0.5) is 13.2 Å². The number of hydrogen-bond acceptors (Lipinski definition) is 3. The molecule has 19 heavy (non-hydrogen) atoms. The predicted molar refractivity (Wildman–Crippen MR) is 63.2 cm³/mol. The summed E-state index contributed by atoms with van der Waals surface area (Å²) in [5.74, 6) is -0.315. The Morgan fingerprint density at radius 3 is 2.42 bits per heavy atom. The van der Waals surface area contributed by atoms with Crippen molar-refractivity contribution in [1.29, 1.82) is 0 Å². The molecular formula is C11H14F3NO3S. The summed E-state index contributed by atoms with van der Waals surface area (Å²) >= 11 is 0. The molecule has 0 aliphatic carbocycles. The van der Waals surface area contributed by atoms with Gasteiger partial charge in [0, 0.05) is 6.54 Å². The van der Waals surface area contributed by atoms with Crippen LogP contribution in [0.25, 0.3) is 0 Å². The largest absolute Gasteiger partial charge is 0.508 e. The molecule has 0 spiro atoms. The highest BCUT2D eigenvalue weighted by atomic mass is 32.2. The second-order valence-electron chi connectivity index (χ2n) is 3.95. The third kappa shape index (κ3) is 4.39. The van der Waals surface area contributed by atoms with Crippen molar-refractivity contribution in [2.75, 3.05) is 13.1 Å². The lowest BCUT2D eigenvalue weighted by Gasteiger charge is -2.22. The minimum absolute atomic E-state index is 0.239. The molecule has 1 aromatic carbocycles. The Hall–Kier alpha value is -1.28. The van der Waals surface area contributed by atoms with Crippen molar-refractivity contribution in [2.24, 2.45) is 0 Å². The molecule has 0 bridgehead atoms. The number of benzene rings is 1. The molecule has 0 amide bonds. The zero-order chi connectivity index (χ0) is 14.7. The molecule has 0 saturated carbocycles. The zero-order valence-electron chi connectivity index (χ0n) is 10.2. The number of alkyl halides is 3. The van der Waals surface area contributed by atoms with Crippen LogP contribution in [0, 0.1) is 0 Å². The van der Waals surface area contributed by atoms with Crippen molar-refractivity contribution in [2.45, 2.75) is 24.4 Å². The van der Waals surface area contributed by atoms with Crippen LogP contribution in [0.15, 0.2) is 29.2 Å². The number of aromatic hydroxyl groups is 1. The second kappa shape index (κ2) is 5.79. The van der Waals surface area contributed by atoms with E-state index in [9.17, 15) is 26.7 Å². The van der Waals surface area contributed by atoms with Crippen LogP contribution in [0.1, 0.15) is 13.3 Å². The van der Waals surface area contributed by atoms with E-state index in [2.05, 4.69) is 0 Å². The minimum atomic E-state index is -4.61. The first-order valence-corrected chi connectivity index (χ1v) is 6.97. The maximum absolute atomic E-state index is 12.4. The minimum Gasteiger partial charge on any atom is -0.508 e. The summed E-state index contributed by atoms with van der Waals surface area (Å²) in [6, 6.07) is 4.58. The molecule has 0 radical (unpaired) electrons. The molecule has 0 aliphatic heterocycles. The standard InChI is InChI=1S/C11H14F3NO3S/c1-2-6-15(8-11(12,13)14)19(17,18)10-5-3-4-9(16)7-10/h3-5,7,16H,2,6,8H2,1H3. The predicted octanol–water partition coefficient (Wildman–Crippen LogP) is 2.36. The molecule has 0 aromatic heterocycles. The topological polar surface area (TPSA) is 57.6 Å². The Bertz CT molecular complexity index is 528. The van der Waals surface area contributed by atoms with E-state index in [1.165, 1.54) is 12.1 Å². The summed E-state index contributed by atoms with van der Waals surface area (Å²) in [4.78, 5) is -0.356. The lowest BCUT2D eigenvalue weighted by atomic mass is 10.3. The highest BCUT2D eigenvalue weighted by molar-refractivity contribution is 7.89. The molecule has 0 unspecified atom stereocenters. The van der Waals surface area contributed by atoms with E-state index in [1.807, 2.05) is 0 Å². The van der Waals surface area contributed by atoms with Gasteiger partial charge >= 0.3 is 6.18 Å². The first-order valence-electron chi connectivity index (χ1n) is 5.53. The summed E-state index contributed by atoms with van der Waals surface area (Å²) in [6.07, 6.45) is -4.35. The van der Waals surface area contributed by atoms with Gasteiger partial charge in [0.25, 0.3) is 0 Å². The molecule has 4 nitrogen and oxygen atoms in total. The zero-order valence-corrected chi connectivity index (χ0v) is 11.0. The van der Waals surface area contributed by atoms with Crippen molar-refractivity contribution in [3.63, 3.8) is 0 Å². The first-order chi connectivity index (χ1) is 8.66. The van der Waals surface area contributed by atoms with Crippen LogP contribution in [0.3, 0.4) is 0 Å². The Morgan fingerprint density at radius 1 is 1.32 bits per heavy atom. The van der Waals surface area contributed by atoms with Gasteiger partial charge in [-0.1, -0.05) is 13.0 Å². The van der Waals surface area contributed by atoms with Gasteiger partial charge in [0.2, 0.25) is 10.0 Å². The number of phenols is 1. The number of rotatable bonds is 5. The van der Waals surface area contributed by atoms with E-state index >= 15 is 0 Å². The molecule has 1 N–H and O–H groups in total. The fourth-order valence-electron chi connectivity index (χ4n) is 1.53. The lowest BCUT2D eigenvalue weighted by Crippen LogP contribution is -2.39. The molecule has 1 rings (SSSR count). The third-order valence-corrected chi connectivity index (χ3v) is 4.13. The maximum atomic E-state index is 12.4. The number of nitrogens with zero attached hydrogens (tertiary/aromatic N) is 1. The summed E-state index contributed by atoms with van der Waals surface area (Å²) in [7, 11) is -4.27. The van der Waals surface area contributed by atoms with Crippen LogP contribution in [0.2, 0.25) is 0 Å². The molecular weight excluding hydrogens is 283 g/mol. The number of phenolic OH excluding ortho intramolecular Hbond substituents is 1. The molecule has 0 heterocycles. The smallest absolute Gasteiger partial charge is 0.402 e. The van der Waals surface area contributed by atoms with Gasteiger partial charge in [-0.2, -0.15) is 17.5 Å². The van der Waals surface area contributed by atoms with E-state index in [-0.39, 0.29) is 23.6 Å². The molecule has 1 aromatic rings. The molecule has 0 aliphatic rings. The Labute approximate surface area is 109 Å². The average molecular weight is 297 g/mol. The Morgan fingerprint density at radius 2 is 1.95 bits per heavy atom. The van der Waals surface area contributed by atoms with Crippen LogP contribution >= 0.6 is 0 Å². The van der Waals surface area contributed by atoms with Crippen LogP contribution in [-0.4, -0.2) is 37.1 Å². The summed E-state index contributed by atoms with van der Waals surface area (Å²) in [5.41, 5.74) is 0. The van der Waals surface area contributed by atoms with Gasteiger partial charge in [-0.05, 0) is 24.6 Å². The van der Waals surface area contributed by atoms with Crippen molar-refractivity contribution in [3.8, 4) is 5.75 Å². The van der Waals surface area contributed by atoms with Crippen molar-refractivity contribution < 1.29 is 26.7 Å². The second-order valence-corrected chi connectivity index (χ2v) is 5.89. The fourth-order valence-corrected chi connectivity index (χ4v) is 3.08. The highest BCUT2D eigenvalue weighted by Crippen LogP contribution is 2.24. The summed E-state index contributed by atoms with van der Waals surface area (Å²) in [6.45, 7) is -0.197. The lowest BCUT2D eigenvalue weighted by molar-refractivity contribution is -0.136. The molecule has 0 saturated heterocycles. The quantitative estimate of drug-likeness (QED) is 0.907. The van der Waals surface area contributed by atoms with Crippen LogP contribution in [0.5, 0.6) is 5.75 Å². The number of hydrogen-bond donors (Lipinski definition) is 1. The first kappa shape index (κ1) is 15.8. The Balaban J connectivity index is 3.13. The third-order valence-electron chi connectivity index (χ3n) is 2.28. The fraction of sp³-hybridized carbons (Fsp3) is 0.455. The number of sulfonamides is 1. The van der Waals surface area contributed by atoms with E-state index in [0.717, 1.165) is 12.1 Å². The van der Waals surface area contributed by atoms with Crippen molar-refractivity contribution in [3.05, 3.63) is 24.3 Å². The SMILES string of the molecule is CCCN(CC(F)(F)F)S(=O)(=O)c1cccc(O)c1. The molecule has 0 fully saturated rings. The van der Waals surface area contributed by atoms with E-state index in [4.69, 9.17) is 0 Å². The highest BCUT2D eigenvalue weighted by Gasteiger charge is 2.36. The van der Waals surface area contributed by atoms with Crippen molar-refractivity contribution in [1.82, 2.24) is 4.31 Å². The molecule has 8 heteroatoms. The van der Waals surface area contributed by atoms with Gasteiger partial charge in [0.05, 0.1) is 4.90 Å². The van der Waals surface area contributed by atoms with E-state index in [1.54, 1.807) is 6.92 Å². The van der Waals surface area contributed by atoms with Crippen LogP contribution < -0.4 is 0 Å².